The third-order valence-electron chi connectivity index (χ3n) is 4.15. The summed E-state index contributed by atoms with van der Waals surface area (Å²) in [6.45, 7) is 13.8. The minimum atomic E-state index is -1.14. The van der Waals surface area contributed by atoms with E-state index in [4.69, 9.17) is 14.2 Å². The van der Waals surface area contributed by atoms with Crippen molar-refractivity contribution in [3.05, 3.63) is 40.3 Å². The number of ether oxygens (including phenoxy) is 3. The molecule has 0 spiro atoms. The number of hydrogen-bond acceptors (Lipinski definition) is 7. The van der Waals surface area contributed by atoms with E-state index in [0.29, 0.717) is 11.5 Å². The number of rotatable bonds is 8. The third kappa shape index (κ3) is 11.8. The van der Waals surface area contributed by atoms with E-state index in [1.807, 2.05) is 6.07 Å². The second-order valence-electron chi connectivity index (χ2n) is 9.66. The van der Waals surface area contributed by atoms with E-state index in [1.54, 1.807) is 73.7 Å². The molecule has 0 aliphatic rings. The summed E-state index contributed by atoms with van der Waals surface area (Å²) in [7, 11) is 0. The lowest BCUT2D eigenvalue weighted by Gasteiger charge is -2.27. The highest BCUT2D eigenvalue weighted by Gasteiger charge is 2.34. The first-order valence-corrected chi connectivity index (χ1v) is 11.6. The lowest BCUT2D eigenvalue weighted by molar-refractivity contribution is -0.160. The molecule has 0 fully saturated rings. The zero-order valence-corrected chi connectivity index (χ0v) is 22.2. The van der Waals surface area contributed by atoms with Gasteiger partial charge < -0.3 is 19.5 Å². The number of aromatic nitrogens is 1. The molecule has 2 atom stereocenters. The monoisotopic (exact) mass is 526 g/mol. The Morgan fingerprint density at radius 2 is 1.67 bits per heavy atom. The van der Waals surface area contributed by atoms with Crippen molar-refractivity contribution >= 4 is 34.0 Å². The smallest absolute Gasteiger partial charge is 0.408 e. The average molecular weight is 527 g/mol. The van der Waals surface area contributed by atoms with E-state index in [9.17, 15) is 14.4 Å². The maximum absolute atomic E-state index is 13.0. The van der Waals surface area contributed by atoms with Crippen molar-refractivity contribution in [3.63, 3.8) is 0 Å². The maximum atomic E-state index is 13.0. The number of pyridine rings is 1. The molecule has 0 radical (unpaired) electrons. The molecule has 1 rings (SSSR count). The number of carbonyl (C=O) groups excluding carboxylic acids is 3. The van der Waals surface area contributed by atoms with Crippen molar-refractivity contribution in [2.24, 2.45) is 5.92 Å². The zero-order valence-electron chi connectivity index (χ0n) is 20.7. The van der Waals surface area contributed by atoms with E-state index in [1.165, 1.54) is 0 Å². The van der Waals surface area contributed by atoms with Gasteiger partial charge in [-0.1, -0.05) is 0 Å². The molecule has 0 aliphatic heterocycles. The topological polar surface area (TPSA) is 104 Å². The fourth-order valence-electron chi connectivity index (χ4n) is 2.66. The van der Waals surface area contributed by atoms with Gasteiger partial charge in [0.2, 0.25) is 0 Å². The summed E-state index contributed by atoms with van der Waals surface area (Å²) in [6.07, 6.45) is 2.63. The van der Waals surface area contributed by atoms with Gasteiger partial charge in [0.1, 0.15) is 23.0 Å². The van der Waals surface area contributed by atoms with Gasteiger partial charge in [-0.05, 0) is 95.9 Å². The van der Waals surface area contributed by atoms with E-state index < -0.39 is 41.2 Å². The second kappa shape index (κ2) is 12.2. The van der Waals surface area contributed by atoms with Gasteiger partial charge >= 0.3 is 18.0 Å². The van der Waals surface area contributed by atoms with Crippen LogP contribution in [0.4, 0.5) is 4.79 Å². The SMILES string of the molecule is C/C=C(\C)OC(=O)C(CC(Cc1ccc(Br)cn1)C(=O)OC(C)(C)C)NC(=O)OC(C)(C)C. The van der Waals surface area contributed by atoms with Crippen molar-refractivity contribution in [3.8, 4) is 0 Å². The van der Waals surface area contributed by atoms with Crippen LogP contribution in [0.15, 0.2) is 34.6 Å². The van der Waals surface area contributed by atoms with Gasteiger partial charge in [0.05, 0.1) is 5.92 Å². The maximum Gasteiger partial charge on any atom is 0.408 e. The van der Waals surface area contributed by atoms with Crippen molar-refractivity contribution in [1.82, 2.24) is 10.3 Å². The van der Waals surface area contributed by atoms with Crippen LogP contribution in [0.3, 0.4) is 0 Å². The molecule has 9 heteroatoms. The van der Waals surface area contributed by atoms with Crippen LogP contribution < -0.4 is 5.32 Å². The normalized spacial score (nSPS) is 14.2. The van der Waals surface area contributed by atoms with Gasteiger partial charge in [-0.3, -0.25) is 9.78 Å². The highest BCUT2D eigenvalue weighted by molar-refractivity contribution is 9.10. The van der Waals surface area contributed by atoms with Crippen LogP contribution in [-0.2, 0) is 30.2 Å². The number of alkyl carbamates (subject to hydrolysis) is 1. The van der Waals surface area contributed by atoms with E-state index in [0.717, 1.165) is 4.47 Å². The Balaban J connectivity index is 3.20. The van der Waals surface area contributed by atoms with Crippen molar-refractivity contribution in [2.75, 3.05) is 0 Å². The zero-order chi connectivity index (χ0) is 25.4. The molecule has 0 bridgehead atoms. The number of carbonyl (C=O) groups is 3. The lowest BCUT2D eigenvalue weighted by Crippen LogP contribution is -2.46. The highest BCUT2D eigenvalue weighted by atomic mass is 79.9. The van der Waals surface area contributed by atoms with Crippen LogP contribution in [0.1, 0.15) is 67.5 Å². The summed E-state index contributed by atoms with van der Waals surface area (Å²) in [4.78, 5) is 42.6. The number of halogens is 1. The summed E-state index contributed by atoms with van der Waals surface area (Å²) in [5.74, 6) is -1.59. The molecule has 8 nitrogen and oxygen atoms in total. The summed E-state index contributed by atoms with van der Waals surface area (Å²) in [5, 5.41) is 2.55. The molecule has 0 aliphatic carbocycles. The molecule has 0 saturated heterocycles. The summed E-state index contributed by atoms with van der Waals surface area (Å²) in [6, 6.07) is 2.46. The van der Waals surface area contributed by atoms with Crippen LogP contribution in [0, 0.1) is 5.92 Å². The van der Waals surface area contributed by atoms with Crippen LogP contribution in [0.5, 0.6) is 0 Å². The molecule has 2 unspecified atom stereocenters. The summed E-state index contributed by atoms with van der Waals surface area (Å²) >= 11 is 3.34. The van der Waals surface area contributed by atoms with Gasteiger partial charge in [-0.25, -0.2) is 9.59 Å². The van der Waals surface area contributed by atoms with E-state index >= 15 is 0 Å². The van der Waals surface area contributed by atoms with Crippen LogP contribution >= 0.6 is 15.9 Å². The minimum Gasteiger partial charge on any atom is -0.460 e. The molecule has 1 aromatic rings. The van der Waals surface area contributed by atoms with Gasteiger partial charge in [-0.15, -0.1) is 0 Å². The number of amides is 1. The third-order valence-corrected chi connectivity index (χ3v) is 4.62. The van der Waals surface area contributed by atoms with Crippen LogP contribution in [0.25, 0.3) is 0 Å². The molecule has 0 aromatic carbocycles. The second-order valence-corrected chi connectivity index (χ2v) is 10.6. The molecular weight excluding hydrogens is 492 g/mol. The standard InChI is InChI=1S/C24H35BrN2O6/c1-9-15(2)31-21(29)19(27-22(30)33-24(6,7)8)13-16(20(28)32-23(3,4)5)12-18-11-10-17(25)14-26-18/h9-11,14,16,19H,12-13H2,1-8H3,(H,27,30)/b15-9+. The van der Waals surface area contributed by atoms with Crippen molar-refractivity contribution < 1.29 is 28.6 Å². The number of allylic oxidation sites excluding steroid dienone is 2. The van der Waals surface area contributed by atoms with Crippen LogP contribution in [-0.4, -0.2) is 40.3 Å². The Hall–Kier alpha value is -2.42. The van der Waals surface area contributed by atoms with E-state index in [-0.39, 0.29) is 12.8 Å². The average Bonchev–Trinajstić information content (AvgIpc) is 2.65. The number of hydrogen-bond donors (Lipinski definition) is 1. The van der Waals surface area contributed by atoms with Gasteiger partial charge in [0.15, 0.2) is 0 Å². The fraction of sp³-hybridized carbons (Fsp3) is 0.583. The Morgan fingerprint density at radius 3 is 2.15 bits per heavy atom. The first-order valence-electron chi connectivity index (χ1n) is 10.8. The Bertz CT molecular complexity index is 853. The van der Waals surface area contributed by atoms with Gasteiger partial charge in [-0.2, -0.15) is 0 Å². The predicted molar refractivity (Wildman–Crippen MR) is 128 cm³/mol. The van der Waals surface area contributed by atoms with Crippen molar-refractivity contribution in [1.29, 1.82) is 0 Å². The molecule has 1 amide bonds. The first-order chi connectivity index (χ1) is 15.1. The van der Waals surface area contributed by atoms with Gasteiger partial charge in [0, 0.05) is 22.8 Å². The Labute approximate surface area is 204 Å². The Morgan fingerprint density at radius 1 is 1.06 bits per heavy atom. The first kappa shape index (κ1) is 28.6. The molecule has 1 aromatic heterocycles. The summed E-state index contributed by atoms with van der Waals surface area (Å²) in [5.41, 5.74) is -0.842. The molecule has 184 valence electrons. The van der Waals surface area contributed by atoms with E-state index in [2.05, 4.69) is 26.2 Å². The molecule has 33 heavy (non-hydrogen) atoms. The number of esters is 2. The minimum absolute atomic E-state index is 0.0538. The quantitative estimate of drug-likeness (QED) is 0.285. The number of nitrogens with zero attached hydrogens (tertiary/aromatic N) is 1. The lowest BCUT2D eigenvalue weighted by atomic mass is 9.94. The van der Waals surface area contributed by atoms with Crippen LogP contribution in [0.2, 0.25) is 0 Å². The molecule has 0 saturated carbocycles. The molecular formula is C24H35BrN2O6. The van der Waals surface area contributed by atoms with Crippen molar-refractivity contribution in [2.45, 2.75) is 85.5 Å². The predicted octanol–water partition coefficient (Wildman–Crippen LogP) is 5.09. The molecule has 1 N–H and O–H groups in total. The fourth-order valence-corrected chi connectivity index (χ4v) is 2.90. The number of nitrogens with one attached hydrogen (secondary N) is 1. The largest absolute Gasteiger partial charge is 0.460 e. The Kier molecular flexibility index (Phi) is 10.5. The highest BCUT2D eigenvalue weighted by Crippen LogP contribution is 2.21. The molecule has 1 heterocycles. The summed E-state index contributed by atoms with van der Waals surface area (Å²) < 4.78 is 17.0. The van der Waals surface area contributed by atoms with Gasteiger partial charge in [0.25, 0.3) is 0 Å².